The van der Waals surface area contributed by atoms with Crippen LogP contribution >= 0.6 is 0 Å². The second kappa shape index (κ2) is 8.37. The summed E-state index contributed by atoms with van der Waals surface area (Å²) in [5, 5.41) is 9.87. The first-order valence-electron chi connectivity index (χ1n) is 9.04. The minimum Gasteiger partial charge on any atom is -0.444 e. The Morgan fingerprint density at radius 3 is 2.50 bits per heavy atom. The van der Waals surface area contributed by atoms with Crippen molar-refractivity contribution in [2.75, 3.05) is 19.8 Å². The van der Waals surface area contributed by atoms with Crippen LogP contribution in [0.25, 0.3) is 0 Å². The van der Waals surface area contributed by atoms with Gasteiger partial charge >= 0.3 is 6.09 Å². The third-order valence-corrected chi connectivity index (χ3v) is 4.11. The number of hydrogen-bond donors (Lipinski definition) is 1. The van der Waals surface area contributed by atoms with Gasteiger partial charge in [0.25, 0.3) is 0 Å². The van der Waals surface area contributed by atoms with Gasteiger partial charge in [-0.3, -0.25) is 0 Å². The Morgan fingerprint density at radius 1 is 1.35 bits per heavy atom. The summed E-state index contributed by atoms with van der Waals surface area (Å²) in [6, 6.07) is 9.72. The Kier molecular flexibility index (Phi) is 6.66. The number of rotatable bonds is 6. The van der Waals surface area contributed by atoms with E-state index in [1.807, 2.05) is 65.0 Å². The van der Waals surface area contributed by atoms with Gasteiger partial charge in [0.2, 0.25) is 0 Å². The van der Waals surface area contributed by atoms with Crippen molar-refractivity contribution < 1.29 is 24.1 Å². The van der Waals surface area contributed by atoms with Crippen LogP contribution in [0.2, 0.25) is 0 Å². The molecule has 6 heteroatoms. The predicted molar refractivity (Wildman–Crippen MR) is 98.6 cm³/mol. The normalized spacial score (nSPS) is 20.6. The molecule has 0 unspecified atom stereocenters. The van der Waals surface area contributed by atoms with Crippen molar-refractivity contribution in [3.05, 3.63) is 35.9 Å². The molecule has 1 fully saturated rings. The van der Waals surface area contributed by atoms with Crippen LogP contribution in [0.15, 0.2) is 30.3 Å². The molecule has 1 amide bonds. The van der Waals surface area contributed by atoms with E-state index < -0.39 is 17.5 Å². The number of carbonyl (C=O) groups excluding carboxylic acids is 1. The molecule has 1 aliphatic heterocycles. The molecule has 1 saturated heterocycles. The summed E-state index contributed by atoms with van der Waals surface area (Å²) in [6.07, 6.45) is -0.673. The Balaban J connectivity index is 2.12. The van der Waals surface area contributed by atoms with Crippen LogP contribution in [0, 0.1) is 5.92 Å². The van der Waals surface area contributed by atoms with Crippen molar-refractivity contribution in [1.29, 1.82) is 0 Å². The number of nitrogens with zero attached hydrogens (tertiary/aromatic N) is 1. The smallest absolute Gasteiger partial charge is 0.410 e. The summed E-state index contributed by atoms with van der Waals surface area (Å²) >= 11 is 0. The van der Waals surface area contributed by atoms with Gasteiger partial charge in [0, 0.05) is 19.0 Å². The number of amides is 1. The van der Waals surface area contributed by atoms with Crippen LogP contribution in [-0.2, 0) is 20.8 Å². The third-order valence-electron chi connectivity index (χ3n) is 4.11. The highest BCUT2D eigenvalue weighted by atomic mass is 16.7. The molecule has 2 atom stereocenters. The molecule has 0 spiro atoms. The molecule has 0 aliphatic carbocycles. The van der Waals surface area contributed by atoms with E-state index in [0.717, 1.165) is 5.56 Å². The van der Waals surface area contributed by atoms with E-state index in [4.69, 9.17) is 14.2 Å². The molecule has 1 aliphatic rings. The average molecular weight is 365 g/mol. The van der Waals surface area contributed by atoms with Gasteiger partial charge in [0.05, 0.1) is 19.3 Å². The lowest BCUT2D eigenvalue weighted by atomic mass is 10.0. The predicted octanol–water partition coefficient (Wildman–Crippen LogP) is 3.18. The molecule has 2 rings (SSSR count). The largest absolute Gasteiger partial charge is 0.444 e. The van der Waals surface area contributed by atoms with Crippen molar-refractivity contribution in [2.24, 2.45) is 5.92 Å². The van der Waals surface area contributed by atoms with Crippen LogP contribution in [-0.4, -0.2) is 53.4 Å². The molecular formula is C20H31NO5. The monoisotopic (exact) mass is 365 g/mol. The number of aliphatic hydroxyl groups is 1. The molecule has 0 aromatic heterocycles. The Labute approximate surface area is 156 Å². The number of carbonyl (C=O) groups is 1. The molecule has 6 nitrogen and oxygen atoms in total. The molecular weight excluding hydrogens is 334 g/mol. The third kappa shape index (κ3) is 6.27. The van der Waals surface area contributed by atoms with Crippen LogP contribution in [0.4, 0.5) is 4.79 Å². The van der Waals surface area contributed by atoms with Gasteiger partial charge in [-0.05, 0) is 40.2 Å². The van der Waals surface area contributed by atoms with Gasteiger partial charge in [0.1, 0.15) is 5.60 Å². The molecule has 0 bridgehead atoms. The molecule has 146 valence electrons. The topological polar surface area (TPSA) is 68.2 Å². The number of aliphatic hydroxyl groups excluding tert-OH is 1. The lowest BCUT2D eigenvalue weighted by Crippen LogP contribution is -2.43. The van der Waals surface area contributed by atoms with Gasteiger partial charge in [-0.2, -0.15) is 0 Å². The second-order valence-corrected chi connectivity index (χ2v) is 8.16. The average Bonchev–Trinajstić information content (AvgIpc) is 2.90. The van der Waals surface area contributed by atoms with E-state index in [2.05, 4.69) is 0 Å². The summed E-state index contributed by atoms with van der Waals surface area (Å²) in [5.74, 6) is -0.929. The van der Waals surface area contributed by atoms with Crippen molar-refractivity contribution in [3.8, 4) is 0 Å². The summed E-state index contributed by atoms with van der Waals surface area (Å²) in [5.41, 5.74) is 0.411. The molecule has 1 aromatic rings. The van der Waals surface area contributed by atoms with Crippen LogP contribution in [0.1, 0.15) is 40.2 Å². The van der Waals surface area contributed by atoms with E-state index in [-0.39, 0.29) is 18.6 Å². The fraction of sp³-hybridized carbons (Fsp3) is 0.650. The SMILES string of the molecule is CC(C)(C)OC(=O)N(Cc1ccccc1)C[C@@H](CO)[C@H]1COC(C)(C)O1. The van der Waals surface area contributed by atoms with Crippen LogP contribution in [0.3, 0.4) is 0 Å². The first-order valence-corrected chi connectivity index (χ1v) is 9.04. The second-order valence-electron chi connectivity index (χ2n) is 8.16. The fourth-order valence-electron chi connectivity index (χ4n) is 2.86. The minimum absolute atomic E-state index is 0.0990. The zero-order valence-corrected chi connectivity index (χ0v) is 16.4. The standard InChI is InChI=1S/C20H31NO5/c1-19(2,3)26-18(23)21(11-15-9-7-6-8-10-15)12-16(13-22)17-14-24-20(4,5)25-17/h6-10,16-17,22H,11-14H2,1-5H3/t16-,17+/m0/s1. The van der Waals surface area contributed by atoms with Crippen molar-refractivity contribution in [2.45, 2.75) is 58.7 Å². The van der Waals surface area contributed by atoms with E-state index in [1.54, 1.807) is 4.90 Å². The maximum Gasteiger partial charge on any atom is 0.410 e. The molecule has 1 heterocycles. The van der Waals surface area contributed by atoms with E-state index in [9.17, 15) is 9.90 Å². The highest BCUT2D eigenvalue weighted by Crippen LogP contribution is 2.28. The Morgan fingerprint density at radius 2 is 2.00 bits per heavy atom. The van der Waals surface area contributed by atoms with Gasteiger partial charge < -0.3 is 24.2 Å². The first-order chi connectivity index (χ1) is 12.1. The van der Waals surface area contributed by atoms with Gasteiger partial charge in [-0.15, -0.1) is 0 Å². The zero-order valence-electron chi connectivity index (χ0n) is 16.4. The number of benzene rings is 1. The summed E-state index contributed by atoms with van der Waals surface area (Å²) in [6.45, 7) is 10.2. The molecule has 26 heavy (non-hydrogen) atoms. The quantitative estimate of drug-likeness (QED) is 0.838. The Hall–Kier alpha value is -1.63. The van der Waals surface area contributed by atoms with Gasteiger partial charge in [-0.25, -0.2) is 4.79 Å². The molecule has 1 N–H and O–H groups in total. The minimum atomic E-state index is -0.672. The highest BCUT2D eigenvalue weighted by molar-refractivity contribution is 5.68. The molecule has 0 radical (unpaired) electrons. The molecule has 0 saturated carbocycles. The summed E-state index contributed by atoms with van der Waals surface area (Å²) in [7, 11) is 0. The van der Waals surface area contributed by atoms with Crippen molar-refractivity contribution in [3.63, 3.8) is 0 Å². The highest BCUT2D eigenvalue weighted by Gasteiger charge is 2.38. The molecule has 1 aromatic carbocycles. The number of ether oxygens (including phenoxy) is 3. The maximum atomic E-state index is 12.7. The summed E-state index contributed by atoms with van der Waals surface area (Å²) in [4.78, 5) is 14.3. The van der Waals surface area contributed by atoms with E-state index in [1.165, 1.54) is 0 Å². The Bertz CT molecular complexity index is 582. The lowest BCUT2D eigenvalue weighted by molar-refractivity contribution is -0.147. The van der Waals surface area contributed by atoms with E-state index in [0.29, 0.717) is 19.7 Å². The van der Waals surface area contributed by atoms with Crippen molar-refractivity contribution in [1.82, 2.24) is 4.90 Å². The van der Waals surface area contributed by atoms with Crippen molar-refractivity contribution >= 4 is 6.09 Å². The van der Waals surface area contributed by atoms with Crippen LogP contribution < -0.4 is 0 Å². The zero-order chi connectivity index (χ0) is 19.4. The first kappa shape index (κ1) is 20.7. The fourth-order valence-corrected chi connectivity index (χ4v) is 2.86. The van der Waals surface area contributed by atoms with E-state index >= 15 is 0 Å². The lowest BCUT2D eigenvalue weighted by Gasteiger charge is -2.31. The summed E-state index contributed by atoms with van der Waals surface area (Å²) < 4.78 is 17.0. The maximum absolute atomic E-state index is 12.7. The number of hydrogen-bond acceptors (Lipinski definition) is 5. The van der Waals surface area contributed by atoms with Crippen LogP contribution in [0.5, 0.6) is 0 Å². The van der Waals surface area contributed by atoms with Gasteiger partial charge in [0.15, 0.2) is 5.79 Å². The van der Waals surface area contributed by atoms with Gasteiger partial charge in [-0.1, -0.05) is 30.3 Å².